The van der Waals surface area contributed by atoms with Crippen molar-refractivity contribution in [3.05, 3.63) is 89.7 Å². The number of carbonyl (C=O) groups excluding carboxylic acids is 1. The van der Waals surface area contributed by atoms with Crippen LogP contribution in [0.25, 0.3) is 0 Å². The van der Waals surface area contributed by atoms with E-state index in [-0.39, 0.29) is 17.9 Å². The highest BCUT2D eigenvalue weighted by atomic mass is 32.2. The second kappa shape index (κ2) is 9.09. The molecule has 0 aromatic heterocycles. The molecule has 0 aliphatic carbocycles. The molecule has 0 radical (unpaired) electrons. The molecule has 0 spiro atoms. The van der Waals surface area contributed by atoms with Gasteiger partial charge in [0.15, 0.2) is 0 Å². The number of nitrogens with zero attached hydrogens (tertiary/aromatic N) is 1. The standard InChI is InChI=1S/C23H23FN2O3S/c1-17-8-12-20(13-9-17)26(30(28,29)21-6-4-3-5-7-21)15-14-23(27)25-19-11-10-18(2)22(24)16-19/h3-13,16H,14-15H2,1-2H3,(H,25,27). The van der Waals surface area contributed by atoms with Crippen molar-refractivity contribution in [3.63, 3.8) is 0 Å². The summed E-state index contributed by atoms with van der Waals surface area (Å²) < 4.78 is 41.4. The van der Waals surface area contributed by atoms with E-state index < -0.39 is 21.7 Å². The van der Waals surface area contributed by atoms with Crippen molar-refractivity contribution >= 4 is 27.3 Å². The van der Waals surface area contributed by atoms with E-state index >= 15 is 0 Å². The van der Waals surface area contributed by atoms with Crippen molar-refractivity contribution in [1.29, 1.82) is 0 Å². The molecule has 1 amide bonds. The zero-order valence-electron chi connectivity index (χ0n) is 16.8. The Morgan fingerprint density at radius 1 is 0.967 bits per heavy atom. The number of aryl methyl sites for hydroxylation is 2. The lowest BCUT2D eigenvalue weighted by atomic mass is 10.2. The van der Waals surface area contributed by atoms with Crippen molar-refractivity contribution in [3.8, 4) is 0 Å². The fourth-order valence-electron chi connectivity index (χ4n) is 2.92. The molecule has 0 atom stereocenters. The second-order valence-electron chi connectivity index (χ2n) is 6.99. The highest BCUT2D eigenvalue weighted by Gasteiger charge is 2.25. The molecule has 0 aliphatic heterocycles. The summed E-state index contributed by atoms with van der Waals surface area (Å²) in [6.07, 6.45) is -0.0879. The smallest absolute Gasteiger partial charge is 0.264 e. The average molecular weight is 427 g/mol. The summed E-state index contributed by atoms with van der Waals surface area (Å²) in [5.41, 5.74) is 2.27. The van der Waals surface area contributed by atoms with Gasteiger partial charge in [-0.3, -0.25) is 9.10 Å². The minimum Gasteiger partial charge on any atom is -0.326 e. The molecule has 5 nitrogen and oxygen atoms in total. The van der Waals surface area contributed by atoms with Gasteiger partial charge in [-0.2, -0.15) is 0 Å². The van der Waals surface area contributed by atoms with Crippen LogP contribution in [-0.2, 0) is 14.8 Å². The lowest BCUT2D eigenvalue weighted by Gasteiger charge is -2.24. The van der Waals surface area contributed by atoms with Crippen LogP contribution < -0.4 is 9.62 Å². The Morgan fingerprint density at radius 3 is 2.27 bits per heavy atom. The number of hydrogen-bond acceptors (Lipinski definition) is 3. The van der Waals surface area contributed by atoms with Gasteiger partial charge in [-0.1, -0.05) is 42.0 Å². The molecule has 3 aromatic rings. The van der Waals surface area contributed by atoms with Crippen molar-refractivity contribution < 1.29 is 17.6 Å². The summed E-state index contributed by atoms with van der Waals surface area (Å²) in [7, 11) is -3.85. The van der Waals surface area contributed by atoms with E-state index in [0.29, 0.717) is 16.9 Å². The minimum atomic E-state index is -3.85. The Balaban J connectivity index is 1.81. The summed E-state index contributed by atoms with van der Waals surface area (Å²) in [5.74, 6) is -0.820. The fraction of sp³-hybridized carbons (Fsp3) is 0.174. The number of sulfonamides is 1. The number of carbonyl (C=O) groups is 1. The Kier molecular flexibility index (Phi) is 6.52. The second-order valence-corrected chi connectivity index (χ2v) is 8.85. The van der Waals surface area contributed by atoms with Crippen LogP contribution in [0.4, 0.5) is 15.8 Å². The van der Waals surface area contributed by atoms with E-state index in [0.717, 1.165) is 5.56 Å². The van der Waals surface area contributed by atoms with Crippen LogP contribution in [-0.4, -0.2) is 20.9 Å². The van der Waals surface area contributed by atoms with Gasteiger partial charge in [-0.25, -0.2) is 12.8 Å². The monoisotopic (exact) mass is 426 g/mol. The van der Waals surface area contributed by atoms with Gasteiger partial charge in [0.1, 0.15) is 5.82 Å². The maximum atomic E-state index is 13.7. The van der Waals surface area contributed by atoms with Crippen LogP contribution in [0.5, 0.6) is 0 Å². The number of hydrogen-bond donors (Lipinski definition) is 1. The van der Waals surface area contributed by atoms with Crippen molar-refractivity contribution in [2.24, 2.45) is 0 Å². The van der Waals surface area contributed by atoms with Gasteiger partial charge in [-0.15, -0.1) is 0 Å². The molecule has 0 fully saturated rings. The van der Waals surface area contributed by atoms with E-state index in [4.69, 9.17) is 0 Å². The number of nitrogens with one attached hydrogen (secondary N) is 1. The number of rotatable bonds is 7. The predicted octanol–water partition coefficient (Wildman–Crippen LogP) is 4.67. The lowest BCUT2D eigenvalue weighted by molar-refractivity contribution is -0.116. The third-order valence-corrected chi connectivity index (χ3v) is 6.49. The van der Waals surface area contributed by atoms with E-state index in [1.807, 2.05) is 19.1 Å². The van der Waals surface area contributed by atoms with E-state index in [1.165, 1.54) is 22.5 Å². The highest BCUT2D eigenvalue weighted by molar-refractivity contribution is 7.92. The quantitative estimate of drug-likeness (QED) is 0.597. The SMILES string of the molecule is Cc1ccc(N(CCC(=O)Nc2ccc(C)c(F)c2)S(=O)(=O)c2ccccc2)cc1. The van der Waals surface area contributed by atoms with Crippen molar-refractivity contribution in [2.75, 3.05) is 16.2 Å². The van der Waals surface area contributed by atoms with Gasteiger partial charge in [0, 0.05) is 18.7 Å². The Morgan fingerprint density at radius 2 is 1.63 bits per heavy atom. The molecule has 1 N–H and O–H groups in total. The number of benzene rings is 3. The summed E-state index contributed by atoms with van der Waals surface area (Å²) in [6, 6.07) is 19.6. The number of anilines is 2. The van der Waals surface area contributed by atoms with Crippen LogP contribution in [0, 0.1) is 19.7 Å². The van der Waals surface area contributed by atoms with E-state index in [2.05, 4.69) is 5.32 Å². The molecule has 156 valence electrons. The summed E-state index contributed by atoms with van der Waals surface area (Å²) in [5, 5.41) is 2.62. The fourth-order valence-corrected chi connectivity index (χ4v) is 4.40. The molecule has 0 saturated heterocycles. The average Bonchev–Trinajstić information content (AvgIpc) is 2.73. The Labute approximate surface area is 176 Å². The molecular weight excluding hydrogens is 403 g/mol. The lowest BCUT2D eigenvalue weighted by Crippen LogP contribution is -2.34. The van der Waals surface area contributed by atoms with E-state index in [1.54, 1.807) is 49.4 Å². The molecule has 7 heteroatoms. The molecule has 3 rings (SSSR count). The molecule has 0 unspecified atom stereocenters. The van der Waals surface area contributed by atoms with Crippen molar-refractivity contribution in [1.82, 2.24) is 0 Å². The maximum Gasteiger partial charge on any atom is 0.264 e. The molecule has 30 heavy (non-hydrogen) atoms. The Hall–Kier alpha value is -3.19. The number of amides is 1. The third-order valence-electron chi connectivity index (χ3n) is 4.65. The zero-order valence-corrected chi connectivity index (χ0v) is 17.6. The molecule has 0 aliphatic rings. The summed E-state index contributed by atoms with van der Waals surface area (Å²) in [6.45, 7) is 3.49. The summed E-state index contributed by atoms with van der Waals surface area (Å²) in [4.78, 5) is 12.6. The minimum absolute atomic E-state index is 0.0551. The first-order chi connectivity index (χ1) is 14.3. The molecular formula is C23H23FN2O3S. The van der Waals surface area contributed by atoms with Gasteiger partial charge in [-0.05, 0) is 55.8 Å². The van der Waals surface area contributed by atoms with Gasteiger partial charge < -0.3 is 5.32 Å². The van der Waals surface area contributed by atoms with Crippen LogP contribution in [0.2, 0.25) is 0 Å². The van der Waals surface area contributed by atoms with Gasteiger partial charge in [0.2, 0.25) is 5.91 Å². The molecule has 0 saturated carbocycles. The van der Waals surface area contributed by atoms with Gasteiger partial charge in [0.25, 0.3) is 10.0 Å². The summed E-state index contributed by atoms with van der Waals surface area (Å²) >= 11 is 0. The van der Waals surface area contributed by atoms with Crippen molar-refractivity contribution in [2.45, 2.75) is 25.2 Å². The Bertz CT molecular complexity index is 1130. The largest absolute Gasteiger partial charge is 0.326 e. The third kappa shape index (κ3) is 5.04. The number of halogens is 1. The molecule has 0 bridgehead atoms. The predicted molar refractivity (Wildman–Crippen MR) is 117 cm³/mol. The first-order valence-corrected chi connectivity index (χ1v) is 10.9. The van der Waals surface area contributed by atoms with Gasteiger partial charge >= 0.3 is 0 Å². The highest BCUT2D eigenvalue weighted by Crippen LogP contribution is 2.24. The van der Waals surface area contributed by atoms with Crippen LogP contribution in [0.3, 0.4) is 0 Å². The first kappa shape index (κ1) is 21.5. The van der Waals surface area contributed by atoms with E-state index in [9.17, 15) is 17.6 Å². The maximum absolute atomic E-state index is 13.7. The molecule has 3 aromatic carbocycles. The van der Waals surface area contributed by atoms with Crippen LogP contribution in [0.15, 0.2) is 77.7 Å². The van der Waals surface area contributed by atoms with Gasteiger partial charge in [0.05, 0.1) is 10.6 Å². The molecule has 0 heterocycles. The van der Waals surface area contributed by atoms with Crippen LogP contribution in [0.1, 0.15) is 17.5 Å². The zero-order chi connectivity index (χ0) is 21.7. The first-order valence-electron chi connectivity index (χ1n) is 9.48. The van der Waals surface area contributed by atoms with Crippen LogP contribution >= 0.6 is 0 Å². The topological polar surface area (TPSA) is 66.5 Å². The normalized spacial score (nSPS) is 11.2.